The van der Waals surface area contributed by atoms with Gasteiger partial charge in [-0.15, -0.1) is 23.2 Å². The van der Waals surface area contributed by atoms with E-state index in [1.54, 1.807) is 24.3 Å². The number of hydrogen-bond donors (Lipinski definition) is 2. The van der Waals surface area contributed by atoms with Crippen molar-refractivity contribution in [3.05, 3.63) is 83.4 Å². The zero-order valence-electron chi connectivity index (χ0n) is 19.0. The molecule has 0 bridgehead atoms. The molecule has 8 heteroatoms. The number of rotatable bonds is 8. The molecule has 2 N–H and O–H groups in total. The molecular formula is C27H25BCl2O5. The summed E-state index contributed by atoms with van der Waals surface area (Å²) >= 11 is 11.7. The van der Waals surface area contributed by atoms with E-state index >= 15 is 0 Å². The maximum atomic E-state index is 12.5. The molecule has 2 aliphatic rings. The number of ether oxygens (including phenoxy) is 3. The number of fused-ring (bicyclic) bond motifs is 3. The van der Waals surface area contributed by atoms with Gasteiger partial charge < -0.3 is 24.4 Å². The highest BCUT2D eigenvalue weighted by Gasteiger charge is 2.73. The Morgan fingerprint density at radius 2 is 1.66 bits per heavy atom. The molecule has 1 fully saturated rings. The van der Waals surface area contributed by atoms with Gasteiger partial charge in [0.15, 0.2) is 11.2 Å². The first-order chi connectivity index (χ1) is 17.0. The van der Waals surface area contributed by atoms with E-state index in [1.807, 2.05) is 42.5 Å². The standard InChI is InChI=1S/C27H25BCl2O5/c28-19-8-6-18(7-9-19)27-21(17-4-2-1-3-5-17)16-24(31)26(27,32)25-22(34-13-11-30)14-20(33-12-10-29)15-23(25)35-27/h1-9,14-15,21,24,31-32H,10-13,16H2/t21-,24?,26+,27-/m0/s1. The first-order valence-electron chi connectivity index (χ1n) is 11.5. The van der Waals surface area contributed by atoms with Crippen molar-refractivity contribution in [1.29, 1.82) is 0 Å². The van der Waals surface area contributed by atoms with Crippen LogP contribution in [0, 0.1) is 0 Å². The van der Waals surface area contributed by atoms with E-state index in [1.165, 1.54) is 0 Å². The van der Waals surface area contributed by atoms with Crippen LogP contribution in [-0.4, -0.2) is 49.1 Å². The molecule has 180 valence electrons. The summed E-state index contributed by atoms with van der Waals surface area (Å²) in [5.41, 5.74) is -0.554. The van der Waals surface area contributed by atoms with Crippen molar-refractivity contribution in [2.75, 3.05) is 25.0 Å². The van der Waals surface area contributed by atoms with Gasteiger partial charge in [-0.05, 0) is 17.5 Å². The van der Waals surface area contributed by atoms with Gasteiger partial charge in [0, 0.05) is 18.1 Å². The summed E-state index contributed by atoms with van der Waals surface area (Å²) in [6, 6.07) is 20.4. The van der Waals surface area contributed by atoms with Gasteiger partial charge in [-0.25, -0.2) is 0 Å². The van der Waals surface area contributed by atoms with Crippen molar-refractivity contribution in [3.63, 3.8) is 0 Å². The molecule has 5 nitrogen and oxygen atoms in total. The summed E-state index contributed by atoms with van der Waals surface area (Å²) in [6.45, 7) is 0.494. The summed E-state index contributed by atoms with van der Waals surface area (Å²) in [5.74, 6) is 1.40. The molecule has 1 aliphatic carbocycles. The van der Waals surface area contributed by atoms with Gasteiger partial charge in [-0.2, -0.15) is 0 Å². The highest BCUT2D eigenvalue weighted by molar-refractivity contribution is 6.32. The SMILES string of the molecule is [B]c1ccc([C@@]23Oc4cc(OCCCl)cc(OCCCl)c4[C@]2(O)C(O)C[C@H]3c2ccccc2)cc1. The lowest BCUT2D eigenvalue weighted by molar-refractivity contribution is -0.150. The molecule has 0 aromatic heterocycles. The van der Waals surface area contributed by atoms with Crippen LogP contribution in [0.25, 0.3) is 0 Å². The minimum Gasteiger partial charge on any atom is -0.492 e. The Bertz CT molecular complexity index is 1190. The normalized spacial score (nSPS) is 26.6. The van der Waals surface area contributed by atoms with Crippen molar-refractivity contribution in [2.24, 2.45) is 0 Å². The maximum absolute atomic E-state index is 12.5. The lowest BCUT2D eigenvalue weighted by atomic mass is 9.71. The summed E-state index contributed by atoms with van der Waals surface area (Å²) < 4.78 is 18.5. The minimum absolute atomic E-state index is 0.204. The van der Waals surface area contributed by atoms with Gasteiger partial charge in [0.05, 0.1) is 23.4 Å². The molecule has 1 aliphatic heterocycles. The van der Waals surface area contributed by atoms with Crippen molar-refractivity contribution >= 4 is 36.5 Å². The molecule has 1 saturated carbocycles. The van der Waals surface area contributed by atoms with Crippen LogP contribution in [0.2, 0.25) is 0 Å². The number of halogens is 2. The van der Waals surface area contributed by atoms with Gasteiger partial charge in [-0.1, -0.05) is 60.1 Å². The number of aliphatic hydroxyl groups is 2. The van der Waals surface area contributed by atoms with Crippen LogP contribution >= 0.6 is 23.2 Å². The van der Waals surface area contributed by atoms with Crippen molar-refractivity contribution in [1.82, 2.24) is 0 Å². The third-order valence-corrected chi connectivity index (χ3v) is 7.22. The topological polar surface area (TPSA) is 68.2 Å². The lowest BCUT2D eigenvalue weighted by Crippen LogP contribution is -2.52. The fraction of sp³-hybridized carbons (Fsp3) is 0.333. The molecule has 0 amide bonds. The predicted molar refractivity (Wildman–Crippen MR) is 137 cm³/mol. The monoisotopic (exact) mass is 510 g/mol. The van der Waals surface area contributed by atoms with Gasteiger partial charge in [0.1, 0.15) is 38.3 Å². The molecule has 2 radical (unpaired) electrons. The smallest absolute Gasteiger partial charge is 0.176 e. The van der Waals surface area contributed by atoms with Gasteiger partial charge in [-0.3, -0.25) is 0 Å². The van der Waals surface area contributed by atoms with Gasteiger partial charge >= 0.3 is 0 Å². The van der Waals surface area contributed by atoms with Gasteiger partial charge in [0.25, 0.3) is 0 Å². The first kappa shape index (κ1) is 24.3. The summed E-state index contributed by atoms with van der Waals surface area (Å²) in [4.78, 5) is 0. The molecule has 35 heavy (non-hydrogen) atoms. The quantitative estimate of drug-likeness (QED) is 0.357. The third kappa shape index (κ3) is 3.79. The van der Waals surface area contributed by atoms with E-state index in [-0.39, 0.29) is 31.4 Å². The maximum Gasteiger partial charge on any atom is 0.176 e. The molecule has 1 heterocycles. The Labute approximate surface area is 216 Å². The first-order valence-corrected chi connectivity index (χ1v) is 12.6. The van der Waals surface area contributed by atoms with E-state index in [4.69, 9.17) is 45.3 Å². The zero-order valence-corrected chi connectivity index (χ0v) is 20.5. The molecule has 1 unspecified atom stereocenters. The summed E-state index contributed by atoms with van der Waals surface area (Å²) in [5, 5.41) is 24.0. The van der Waals surface area contributed by atoms with Crippen LogP contribution in [0.4, 0.5) is 0 Å². The molecule has 0 saturated heterocycles. The number of alkyl halides is 2. The average molecular weight is 511 g/mol. The van der Waals surface area contributed by atoms with Crippen LogP contribution < -0.4 is 19.7 Å². The third-order valence-electron chi connectivity index (χ3n) is 6.91. The van der Waals surface area contributed by atoms with E-state index < -0.39 is 17.3 Å². The number of benzene rings is 3. The van der Waals surface area contributed by atoms with Crippen LogP contribution in [0.15, 0.2) is 66.7 Å². The van der Waals surface area contributed by atoms with Crippen LogP contribution in [-0.2, 0) is 11.2 Å². The van der Waals surface area contributed by atoms with E-state index in [9.17, 15) is 10.2 Å². The van der Waals surface area contributed by atoms with Gasteiger partial charge in [0.2, 0.25) is 0 Å². The average Bonchev–Trinajstić information content (AvgIpc) is 3.27. The van der Waals surface area contributed by atoms with E-state index in [0.29, 0.717) is 39.7 Å². The second-order valence-corrected chi connectivity index (χ2v) is 9.57. The molecule has 3 aromatic carbocycles. The number of hydrogen-bond acceptors (Lipinski definition) is 5. The molecule has 5 rings (SSSR count). The van der Waals surface area contributed by atoms with Crippen molar-refractivity contribution in [2.45, 2.75) is 29.6 Å². The second kappa shape index (κ2) is 9.59. The second-order valence-electron chi connectivity index (χ2n) is 8.81. The van der Waals surface area contributed by atoms with Crippen molar-refractivity contribution < 1.29 is 24.4 Å². The summed E-state index contributed by atoms with van der Waals surface area (Å²) in [6.07, 6.45) is -0.858. The Hall–Kier alpha value is -2.38. The molecule has 4 atom stereocenters. The Morgan fingerprint density at radius 1 is 0.971 bits per heavy atom. The zero-order chi connectivity index (χ0) is 24.6. The fourth-order valence-corrected chi connectivity index (χ4v) is 5.69. The minimum atomic E-state index is -1.81. The van der Waals surface area contributed by atoms with E-state index in [2.05, 4.69) is 0 Å². The molecule has 3 aromatic rings. The Balaban J connectivity index is 1.75. The Morgan fingerprint density at radius 3 is 2.34 bits per heavy atom. The number of aliphatic hydroxyl groups excluding tert-OH is 1. The molecular weight excluding hydrogens is 486 g/mol. The van der Waals surface area contributed by atoms with Crippen LogP contribution in [0.5, 0.6) is 17.2 Å². The Kier molecular flexibility index (Phi) is 6.66. The summed E-state index contributed by atoms with van der Waals surface area (Å²) in [7, 11) is 5.98. The highest BCUT2D eigenvalue weighted by atomic mass is 35.5. The largest absolute Gasteiger partial charge is 0.492 e. The van der Waals surface area contributed by atoms with Crippen molar-refractivity contribution in [3.8, 4) is 17.2 Å². The fourth-order valence-electron chi connectivity index (χ4n) is 5.54. The van der Waals surface area contributed by atoms with Crippen LogP contribution in [0.1, 0.15) is 29.0 Å². The molecule has 0 spiro atoms. The van der Waals surface area contributed by atoms with E-state index in [0.717, 1.165) is 5.56 Å². The predicted octanol–water partition coefficient (Wildman–Crippen LogP) is 3.74. The lowest BCUT2D eigenvalue weighted by Gasteiger charge is -2.41. The van der Waals surface area contributed by atoms with Crippen LogP contribution in [0.3, 0.4) is 0 Å². The highest BCUT2D eigenvalue weighted by Crippen LogP contribution is 2.68.